The number of hydrogen-bond acceptors (Lipinski definition) is 3. The Labute approximate surface area is 134 Å². The van der Waals surface area contributed by atoms with Gasteiger partial charge >= 0.3 is 0 Å². The van der Waals surface area contributed by atoms with Crippen molar-refractivity contribution in [2.45, 2.75) is 25.3 Å². The molecule has 3 rings (SSSR count). The van der Waals surface area contributed by atoms with Gasteiger partial charge in [0.2, 0.25) is 11.8 Å². The number of fused-ring (bicyclic) bond motifs is 1. The molecule has 118 valence electrons. The van der Waals surface area contributed by atoms with Gasteiger partial charge in [0, 0.05) is 17.8 Å². The van der Waals surface area contributed by atoms with Gasteiger partial charge in [0.15, 0.2) is 0 Å². The molecule has 1 aliphatic rings. The van der Waals surface area contributed by atoms with Gasteiger partial charge in [-0.2, -0.15) is 0 Å². The van der Waals surface area contributed by atoms with Gasteiger partial charge in [-0.3, -0.25) is 9.59 Å². The minimum Gasteiger partial charge on any atom is -0.326 e. The first kappa shape index (κ1) is 15.2. The molecule has 0 saturated carbocycles. The summed E-state index contributed by atoms with van der Waals surface area (Å²) in [6.07, 6.45) is 1.65. The Kier molecular flexibility index (Phi) is 4.39. The second-order valence-corrected chi connectivity index (χ2v) is 5.71. The van der Waals surface area contributed by atoms with Crippen LogP contribution < -0.4 is 16.4 Å². The molecule has 0 unspecified atom stereocenters. The number of carbonyl (C=O) groups is 2. The number of nitrogens with two attached hydrogens (primary N) is 1. The molecule has 5 heteroatoms. The maximum absolute atomic E-state index is 12.2. The fourth-order valence-electron chi connectivity index (χ4n) is 2.66. The number of carbonyl (C=O) groups excluding carboxylic acids is 2. The molecular weight excluding hydrogens is 290 g/mol. The maximum atomic E-state index is 12.2. The Morgan fingerprint density at radius 1 is 1.17 bits per heavy atom. The van der Waals surface area contributed by atoms with Gasteiger partial charge in [-0.05, 0) is 42.2 Å². The monoisotopic (exact) mass is 309 g/mol. The number of nitrogens with one attached hydrogen (secondary N) is 2. The number of rotatable bonds is 4. The second-order valence-electron chi connectivity index (χ2n) is 5.71. The number of hydrogen-bond donors (Lipinski definition) is 3. The summed E-state index contributed by atoms with van der Waals surface area (Å²) in [6.45, 7) is 0. The van der Waals surface area contributed by atoms with Crippen LogP contribution >= 0.6 is 0 Å². The fraction of sp³-hybridized carbons (Fsp3) is 0.222. The second kappa shape index (κ2) is 6.62. The van der Waals surface area contributed by atoms with E-state index in [-0.39, 0.29) is 11.8 Å². The maximum Gasteiger partial charge on any atom is 0.241 e. The highest BCUT2D eigenvalue weighted by Gasteiger charge is 2.17. The molecule has 1 atom stereocenters. The van der Waals surface area contributed by atoms with Gasteiger partial charge in [0.25, 0.3) is 0 Å². The highest BCUT2D eigenvalue weighted by Crippen LogP contribution is 2.25. The molecular formula is C18H19N3O2. The van der Waals surface area contributed by atoms with E-state index in [2.05, 4.69) is 10.6 Å². The summed E-state index contributed by atoms with van der Waals surface area (Å²) in [6, 6.07) is 14.6. The largest absolute Gasteiger partial charge is 0.326 e. The molecule has 0 saturated heterocycles. The Balaban J connectivity index is 1.64. The number of amides is 2. The average molecular weight is 309 g/mol. The van der Waals surface area contributed by atoms with Crippen molar-refractivity contribution in [1.29, 1.82) is 0 Å². The molecule has 0 fully saturated rings. The summed E-state index contributed by atoms with van der Waals surface area (Å²) < 4.78 is 0. The minimum atomic E-state index is -0.604. The van der Waals surface area contributed by atoms with Crippen molar-refractivity contribution in [2.75, 3.05) is 10.6 Å². The molecule has 5 nitrogen and oxygen atoms in total. The van der Waals surface area contributed by atoms with E-state index in [9.17, 15) is 9.59 Å². The Hall–Kier alpha value is -2.66. The molecule has 0 aliphatic carbocycles. The highest BCUT2D eigenvalue weighted by atomic mass is 16.2. The molecule has 2 aromatic carbocycles. The van der Waals surface area contributed by atoms with Gasteiger partial charge in [-0.1, -0.05) is 30.3 Å². The van der Waals surface area contributed by atoms with Crippen LogP contribution in [0.15, 0.2) is 48.5 Å². The lowest BCUT2D eigenvalue weighted by Gasteiger charge is -2.18. The molecule has 1 aliphatic heterocycles. The van der Waals surface area contributed by atoms with Gasteiger partial charge in [0.05, 0.1) is 6.04 Å². The SMILES string of the molecule is N[C@@H](Cc1ccccc1)C(=O)Nc1ccc2c(c1)CCC(=O)N2. The summed E-state index contributed by atoms with van der Waals surface area (Å²) in [5.74, 6) is -0.187. The van der Waals surface area contributed by atoms with Crippen molar-refractivity contribution >= 4 is 23.2 Å². The quantitative estimate of drug-likeness (QED) is 0.808. The molecule has 2 amide bonds. The predicted octanol–water partition coefficient (Wildman–Crippen LogP) is 2.08. The van der Waals surface area contributed by atoms with E-state index < -0.39 is 6.04 Å². The van der Waals surface area contributed by atoms with Crippen molar-refractivity contribution < 1.29 is 9.59 Å². The van der Waals surface area contributed by atoms with E-state index in [4.69, 9.17) is 5.73 Å². The van der Waals surface area contributed by atoms with Gasteiger partial charge in [-0.15, -0.1) is 0 Å². The average Bonchev–Trinajstić information content (AvgIpc) is 2.56. The van der Waals surface area contributed by atoms with Gasteiger partial charge in [0.1, 0.15) is 0 Å². The summed E-state index contributed by atoms with van der Waals surface area (Å²) in [7, 11) is 0. The third kappa shape index (κ3) is 3.76. The van der Waals surface area contributed by atoms with E-state index in [0.717, 1.165) is 16.8 Å². The molecule has 23 heavy (non-hydrogen) atoms. The predicted molar refractivity (Wildman–Crippen MR) is 90.1 cm³/mol. The lowest BCUT2D eigenvalue weighted by Crippen LogP contribution is -2.37. The fourth-order valence-corrected chi connectivity index (χ4v) is 2.66. The van der Waals surface area contributed by atoms with Crippen molar-refractivity contribution in [1.82, 2.24) is 0 Å². The van der Waals surface area contributed by atoms with Crippen molar-refractivity contribution in [2.24, 2.45) is 5.73 Å². The molecule has 0 spiro atoms. The van der Waals surface area contributed by atoms with E-state index in [1.807, 2.05) is 42.5 Å². The number of benzene rings is 2. The van der Waals surface area contributed by atoms with E-state index in [1.54, 1.807) is 6.07 Å². The molecule has 0 aromatic heterocycles. The van der Waals surface area contributed by atoms with Crippen LogP contribution in [0.4, 0.5) is 11.4 Å². The van der Waals surface area contributed by atoms with Crippen LogP contribution in [0, 0.1) is 0 Å². The molecule has 1 heterocycles. The summed E-state index contributed by atoms with van der Waals surface area (Å²) >= 11 is 0. The zero-order valence-electron chi connectivity index (χ0n) is 12.7. The van der Waals surface area contributed by atoms with Gasteiger partial charge < -0.3 is 16.4 Å². The van der Waals surface area contributed by atoms with E-state index in [1.165, 1.54) is 0 Å². The third-order valence-corrected chi connectivity index (χ3v) is 3.90. The molecule has 4 N–H and O–H groups in total. The van der Waals surface area contributed by atoms with Crippen LogP contribution in [0.1, 0.15) is 17.5 Å². The zero-order chi connectivity index (χ0) is 16.2. The van der Waals surface area contributed by atoms with Crippen LogP contribution in [0.5, 0.6) is 0 Å². The summed E-state index contributed by atoms with van der Waals surface area (Å²) in [4.78, 5) is 23.6. The van der Waals surface area contributed by atoms with Gasteiger partial charge in [-0.25, -0.2) is 0 Å². The van der Waals surface area contributed by atoms with Crippen LogP contribution in [0.25, 0.3) is 0 Å². The summed E-state index contributed by atoms with van der Waals surface area (Å²) in [5.41, 5.74) is 9.56. The van der Waals surface area contributed by atoms with Crippen molar-refractivity contribution in [3.05, 3.63) is 59.7 Å². The van der Waals surface area contributed by atoms with Crippen LogP contribution in [-0.2, 0) is 22.4 Å². The topological polar surface area (TPSA) is 84.2 Å². The summed E-state index contributed by atoms with van der Waals surface area (Å²) in [5, 5.41) is 5.67. The first-order valence-corrected chi connectivity index (χ1v) is 7.65. The molecule has 0 bridgehead atoms. The number of anilines is 2. The Morgan fingerprint density at radius 3 is 2.74 bits per heavy atom. The first-order valence-electron chi connectivity index (χ1n) is 7.65. The Bertz CT molecular complexity index is 728. The van der Waals surface area contributed by atoms with Crippen molar-refractivity contribution in [3.63, 3.8) is 0 Å². The van der Waals surface area contributed by atoms with E-state index >= 15 is 0 Å². The lowest BCUT2D eigenvalue weighted by atomic mass is 10.0. The third-order valence-electron chi connectivity index (χ3n) is 3.90. The normalized spacial score (nSPS) is 14.6. The lowest BCUT2D eigenvalue weighted by molar-refractivity contribution is -0.117. The zero-order valence-corrected chi connectivity index (χ0v) is 12.7. The van der Waals surface area contributed by atoms with Crippen LogP contribution in [0.3, 0.4) is 0 Å². The van der Waals surface area contributed by atoms with Crippen molar-refractivity contribution in [3.8, 4) is 0 Å². The minimum absolute atomic E-state index is 0.0270. The van der Waals surface area contributed by atoms with Crippen LogP contribution in [-0.4, -0.2) is 17.9 Å². The molecule has 0 radical (unpaired) electrons. The molecule has 2 aromatic rings. The number of aryl methyl sites for hydroxylation is 1. The first-order chi connectivity index (χ1) is 11.1. The van der Waals surface area contributed by atoms with E-state index in [0.29, 0.717) is 24.9 Å². The van der Waals surface area contributed by atoms with Crippen LogP contribution in [0.2, 0.25) is 0 Å². The standard InChI is InChI=1S/C18H19N3O2/c19-15(10-12-4-2-1-3-5-12)18(23)20-14-7-8-16-13(11-14)6-9-17(22)21-16/h1-5,7-8,11,15H,6,9-10,19H2,(H,20,23)(H,21,22)/t15-/m0/s1. The smallest absolute Gasteiger partial charge is 0.241 e. The Morgan fingerprint density at radius 2 is 1.96 bits per heavy atom. The highest BCUT2D eigenvalue weighted by molar-refractivity contribution is 5.97.